The fourth-order valence-electron chi connectivity index (χ4n) is 1.47. The third-order valence-electron chi connectivity index (χ3n) is 2.43. The Labute approximate surface area is 158 Å². The molecule has 1 aromatic heterocycles. The maximum Gasteiger partial charge on any atom is 0.408 e. The fraction of sp³-hybridized carbons (Fsp3) is 0.500. The quantitative estimate of drug-likeness (QED) is 0.396. The minimum Gasteiger partial charge on any atom is -0.480 e. The van der Waals surface area contributed by atoms with E-state index in [-0.39, 0.29) is 4.90 Å². The molecule has 1 unspecified atom stereocenters. The van der Waals surface area contributed by atoms with E-state index in [0.717, 1.165) is 11.3 Å². The normalized spacial score (nSPS) is 13.3. The number of halogens is 1. The van der Waals surface area contributed by atoms with Crippen LogP contribution in [0.1, 0.15) is 20.8 Å². The van der Waals surface area contributed by atoms with Gasteiger partial charge in [0, 0.05) is 6.54 Å². The minimum atomic E-state index is -3.95. The van der Waals surface area contributed by atoms with Crippen LogP contribution >= 0.6 is 33.9 Å². The molecular weight excluding hydrogens is 470 g/mol. The third-order valence-corrected chi connectivity index (χ3v) is 6.37. The zero-order valence-corrected chi connectivity index (χ0v) is 16.9. The van der Waals surface area contributed by atoms with Crippen LogP contribution in [0.4, 0.5) is 4.79 Å². The number of alkyl carbamates (subject to hydrolysis) is 1. The molecule has 0 spiro atoms. The lowest BCUT2D eigenvalue weighted by Crippen LogP contribution is -2.49. The number of sulfonamides is 1. The maximum atomic E-state index is 12.2. The number of carboxylic acid groups (broad SMARTS) is 1. The van der Waals surface area contributed by atoms with Crippen molar-refractivity contribution < 1.29 is 27.9 Å². The Morgan fingerprint density at radius 1 is 1.46 bits per heavy atom. The lowest BCUT2D eigenvalue weighted by molar-refractivity contribution is -0.139. The zero-order valence-electron chi connectivity index (χ0n) is 13.1. The number of carboxylic acids is 1. The summed E-state index contributed by atoms with van der Waals surface area (Å²) < 4.78 is 32.3. The van der Waals surface area contributed by atoms with Crippen LogP contribution in [0.3, 0.4) is 0 Å². The van der Waals surface area contributed by atoms with Gasteiger partial charge in [0.05, 0.1) is 2.88 Å². The molecule has 3 N–H and O–H groups in total. The van der Waals surface area contributed by atoms with Crippen molar-refractivity contribution in [2.24, 2.45) is 0 Å². The number of carbonyl (C=O) groups is 2. The van der Waals surface area contributed by atoms with Gasteiger partial charge in [0.2, 0.25) is 10.0 Å². The highest BCUT2D eigenvalue weighted by Crippen LogP contribution is 2.21. The van der Waals surface area contributed by atoms with Gasteiger partial charge in [-0.25, -0.2) is 22.7 Å². The van der Waals surface area contributed by atoms with E-state index in [9.17, 15) is 18.0 Å². The van der Waals surface area contributed by atoms with Crippen LogP contribution in [0.2, 0.25) is 0 Å². The van der Waals surface area contributed by atoms with Crippen molar-refractivity contribution >= 4 is 68.6 Å². The molecule has 0 aliphatic rings. The topological polar surface area (TPSA) is 122 Å². The van der Waals surface area contributed by atoms with E-state index in [1.54, 1.807) is 20.8 Å². The molecule has 0 fully saturated rings. The molecule has 1 aromatic rings. The maximum absolute atomic E-state index is 12.2. The first-order valence-corrected chi connectivity index (χ1v) is 9.96. The second-order valence-electron chi connectivity index (χ2n) is 5.68. The Balaban J connectivity index is 2.78. The molecule has 1 amide bonds. The van der Waals surface area contributed by atoms with Crippen LogP contribution in [0.5, 0.6) is 0 Å². The Morgan fingerprint density at radius 2 is 2.04 bits per heavy atom. The summed E-state index contributed by atoms with van der Waals surface area (Å²) in [6.45, 7) is 4.32. The van der Waals surface area contributed by atoms with E-state index in [1.807, 2.05) is 22.6 Å². The molecule has 0 aromatic carbocycles. The summed E-state index contributed by atoms with van der Waals surface area (Å²) in [7, 11) is 1.61. The average Bonchev–Trinajstić information content (AvgIpc) is 2.72. The van der Waals surface area contributed by atoms with Crippen LogP contribution < -0.4 is 14.8 Å². The monoisotopic (exact) mass is 486 g/mol. The van der Waals surface area contributed by atoms with Crippen molar-refractivity contribution in [2.45, 2.75) is 37.3 Å². The van der Waals surface area contributed by atoms with E-state index in [2.05, 4.69) is 10.0 Å². The van der Waals surface area contributed by atoms with Gasteiger partial charge in [0.15, 0.2) is 0 Å². The molecule has 132 valence electrons. The predicted molar refractivity (Wildman–Crippen MR) is 98.4 cm³/mol. The van der Waals surface area contributed by atoms with Crippen molar-refractivity contribution in [1.82, 2.24) is 10.0 Å². The summed E-state index contributed by atoms with van der Waals surface area (Å²) in [4.78, 5) is 22.8. The Kier molecular flexibility index (Phi) is 7.08. The molecule has 1 heterocycles. The second-order valence-corrected chi connectivity index (χ2v) is 10.3. The van der Waals surface area contributed by atoms with Crippen LogP contribution in [0, 0.1) is 2.88 Å². The molecule has 1 rings (SSSR count). The van der Waals surface area contributed by atoms with Gasteiger partial charge in [-0.2, -0.15) is 0 Å². The van der Waals surface area contributed by atoms with E-state index in [1.165, 1.54) is 6.07 Å². The van der Waals surface area contributed by atoms with Crippen molar-refractivity contribution in [3.8, 4) is 0 Å². The first-order chi connectivity index (χ1) is 10.8. The highest BCUT2D eigenvalue weighted by molar-refractivity contribution is 14.1. The predicted octanol–water partition coefficient (Wildman–Crippen LogP) is 0.403. The molecular formula is C12H16BIN2O6S2. The lowest BCUT2D eigenvalue weighted by atomic mass is 10.1. The highest BCUT2D eigenvalue weighted by Gasteiger charge is 2.27. The number of amides is 1. The number of hydrogen-bond acceptors (Lipinski definition) is 6. The first kappa shape index (κ1) is 21.2. The van der Waals surface area contributed by atoms with Gasteiger partial charge < -0.3 is 15.2 Å². The molecule has 8 nitrogen and oxygen atoms in total. The molecule has 1 atom stereocenters. The molecule has 24 heavy (non-hydrogen) atoms. The van der Waals surface area contributed by atoms with Gasteiger partial charge in [-0.3, -0.25) is 0 Å². The Bertz CT molecular complexity index is 728. The number of carbonyl (C=O) groups excluding carboxylic acids is 1. The van der Waals surface area contributed by atoms with Crippen LogP contribution in [-0.2, 0) is 19.6 Å². The summed E-state index contributed by atoms with van der Waals surface area (Å²) in [5, 5.41) is 11.2. The standard InChI is InChI=1S/C12H16BIN2O6S2/c1-12(2,3)22-11(19)16-6(10(17)18)5-15-24(20,21)7-4-8(13)23-9(7)14/h4,6,15H,5H2,1-3H3,(H,16,19)(H,17,18). The number of ether oxygens (including phenoxy) is 1. The molecule has 0 bridgehead atoms. The van der Waals surface area contributed by atoms with Crippen LogP contribution in [0.25, 0.3) is 0 Å². The summed E-state index contributed by atoms with van der Waals surface area (Å²) >= 11 is 2.92. The number of thiophene rings is 1. The highest BCUT2D eigenvalue weighted by atomic mass is 127. The van der Waals surface area contributed by atoms with E-state index in [0.29, 0.717) is 7.66 Å². The van der Waals surface area contributed by atoms with Crippen molar-refractivity contribution in [3.05, 3.63) is 8.95 Å². The van der Waals surface area contributed by atoms with Gasteiger partial charge in [-0.1, -0.05) is 0 Å². The van der Waals surface area contributed by atoms with Gasteiger partial charge in [-0.15, -0.1) is 11.3 Å². The Hall–Kier alpha value is -0.855. The first-order valence-electron chi connectivity index (χ1n) is 6.58. The van der Waals surface area contributed by atoms with Gasteiger partial charge in [-0.05, 0) is 54.2 Å². The zero-order chi connectivity index (χ0) is 18.7. The summed E-state index contributed by atoms with van der Waals surface area (Å²) in [6.07, 6.45) is -0.955. The van der Waals surface area contributed by atoms with E-state index in [4.69, 9.17) is 17.7 Å². The van der Waals surface area contributed by atoms with Crippen molar-refractivity contribution in [2.75, 3.05) is 6.54 Å². The molecule has 12 heteroatoms. The van der Waals surface area contributed by atoms with Crippen LogP contribution in [0.15, 0.2) is 11.0 Å². The SMILES string of the molecule is [B]c1cc(S(=O)(=O)NCC(NC(=O)OC(C)(C)C)C(=O)O)c(I)s1. The number of nitrogens with one attached hydrogen (secondary N) is 2. The van der Waals surface area contributed by atoms with E-state index >= 15 is 0 Å². The second kappa shape index (κ2) is 8.02. The molecule has 0 saturated heterocycles. The number of aliphatic carboxylic acids is 1. The van der Waals surface area contributed by atoms with Gasteiger partial charge >= 0.3 is 12.1 Å². The van der Waals surface area contributed by atoms with Crippen LogP contribution in [-0.4, -0.2) is 51.6 Å². The van der Waals surface area contributed by atoms with E-state index < -0.39 is 40.3 Å². The number of rotatable bonds is 6. The summed E-state index contributed by atoms with van der Waals surface area (Å²) in [5.41, 5.74) is -0.809. The fourth-order valence-corrected chi connectivity index (χ4v) is 5.37. The Morgan fingerprint density at radius 3 is 2.46 bits per heavy atom. The lowest BCUT2D eigenvalue weighted by Gasteiger charge is -2.22. The molecule has 0 aliphatic carbocycles. The van der Waals surface area contributed by atoms with Gasteiger partial charge in [0.25, 0.3) is 0 Å². The number of hydrogen-bond donors (Lipinski definition) is 3. The third kappa shape index (κ3) is 6.57. The van der Waals surface area contributed by atoms with Crippen molar-refractivity contribution in [3.63, 3.8) is 0 Å². The molecule has 0 saturated carbocycles. The minimum absolute atomic E-state index is 0.0352. The molecule has 0 aliphatic heterocycles. The summed E-state index contributed by atoms with van der Waals surface area (Å²) in [6, 6.07) is -0.200. The largest absolute Gasteiger partial charge is 0.480 e. The smallest absolute Gasteiger partial charge is 0.408 e. The summed E-state index contributed by atoms with van der Waals surface area (Å²) in [5.74, 6) is -1.40. The van der Waals surface area contributed by atoms with Gasteiger partial charge in [0.1, 0.15) is 24.4 Å². The average molecular weight is 486 g/mol. The molecule has 2 radical (unpaired) electrons. The van der Waals surface area contributed by atoms with Crippen molar-refractivity contribution in [1.29, 1.82) is 0 Å².